The molecule has 1 aromatic rings. The molecular weight excluding hydrogens is 328 g/mol. The summed E-state index contributed by atoms with van der Waals surface area (Å²) < 4.78 is 10.9. The number of likely N-dealkylation sites (tertiary alicyclic amines) is 1. The first kappa shape index (κ1) is 18.8. The van der Waals surface area contributed by atoms with Crippen LogP contribution < -0.4 is 20.1 Å². The summed E-state index contributed by atoms with van der Waals surface area (Å²) in [5.41, 5.74) is 0. The van der Waals surface area contributed by atoms with Gasteiger partial charge in [-0.05, 0) is 62.9 Å². The Bertz CT molecular complexity index is 572. The van der Waals surface area contributed by atoms with Crippen molar-refractivity contribution in [3.8, 4) is 11.5 Å². The third kappa shape index (κ3) is 5.80. The van der Waals surface area contributed by atoms with Crippen LogP contribution in [0.4, 0.5) is 0 Å². The van der Waals surface area contributed by atoms with Crippen molar-refractivity contribution >= 4 is 5.96 Å². The number of rotatable bonds is 9. The molecule has 1 heterocycles. The summed E-state index contributed by atoms with van der Waals surface area (Å²) in [6.07, 6.45) is 4.07. The molecule has 1 saturated carbocycles. The maximum absolute atomic E-state index is 5.75. The Morgan fingerprint density at radius 2 is 1.92 bits per heavy atom. The average molecular weight is 361 g/mol. The number of hydrogen-bond acceptors (Lipinski definition) is 4. The fourth-order valence-corrected chi connectivity index (χ4v) is 3.36. The SMILES string of the molecule is CCNC(=NCC1CCN(C2CC2)C1)NCCOc1ccc(OC)cc1. The molecular formula is C20H32N4O2. The number of methoxy groups -OCH3 is 1. The zero-order valence-corrected chi connectivity index (χ0v) is 16.0. The first-order chi connectivity index (χ1) is 12.8. The molecule has 1 saturated heterocycles. The topological polar surface area (TPSA) is 58.1 Å². The molecule has 2 N–H and O–H groups in total. The predicted molar refractivity (Wildman–Crippen MR) is 105 cm³/mol. The van der Waals surface area contributed by atoms with E-state index in [-0.39, 0.29) is 0 Å². The summed E-state index contributed by atoms with van der Waals surface area (Å²) >= 11 is 0. The van der Waals surface area contributed by atoms with Crippen LogP contribution in [0.2, 0.25) is 0 Å². The van der Waals surface area contributed by atoms with Gasteiger partial charge in [-0.25, -0.2) is 0 Å². The van der Waals surface area contributed by atoms with Gasteiger partial charge in [-0.15, -0.1) is 0 Å². The van der Waals surface area contributed by atoms with Crippen molar-refractivity contribution in [3.05, 3.63) is 24.3 Å². The third-order valence-electron chi connectivity index (χ3n) is 4.96. The summed E-state index contributed by atoms with van der Waals surface area (Å²) in [6.45, 7) is 7.64. The minimum absolute atomic E-state index is 0.593. The van der Waals surface area contributed by atoms with E-state index < -0.39 is 0 Å². The fraction of sp³-hybridized carbons (Fsp3) is 0.650. The molecule has 26 heavy (non-hydrogen) atoms. The lowest BCUT2D eigenvalue weighted by molar-refractivity contribution is 0.315. The lowest BCUT2D eigenvalue weighted by atomic mass is 10.1. The molecule has 1 aliphatic heterocycles. The summed E-state index contributed by atoms with van der Waals surface area (Å²) in [7, 11) is 1.66. The lowest BCUT2D eigenvalue weighted by Gasteiger charge is -2.15. The second-order valence-corrected chi connectivity index (χ2v) is 7.05. The van der Waals surface area contributed by atoms with Crippen LogP contribution >= 0.6 is 0 Å². The highest BCUT2D eigenvalue weighted by atomic mass is 16.5. The zero-order valence-electron chi connectivity index (χ0n) is 16.0. The minimum atomic E-state index is 0.593. The molecule has 1 aromatic carbocycles. The maximum Gasteiger partial charge on any atom is 0.191 e. The predicted octanol–water partition coefficient (Wildman–Crippen LogP) is 2.11. The van der Waals surface area contributed by atoms with Gasteiger partial charge in [-0.2, -0.15) is 0 Å². The first-order valence-electron chi connectivity index (χ1n) is 9.81. The number of nitrogens with zero attached hydrogens (tertiary/aromatic N) is 2. The van der Waals surface area contributed by atoms with Crippen molar-refractivity contribution in [1.29, 1.82) is 0 Å². The van der Waals surface area contributed by atoms with Crippen molar-refractivity contribution in [3.63, 3.8) is 0 Å². The number of aliphatic imine (C=N–C) groups is 1. The number of guanidine groups is 1. The molecule has 0 bridgehead atoms. The van der Waals surface area contributed by atoms with Gasteiger partial charge in [0.2, 0.25) is 0 Å². The van der Waals surface area contributed by atoms with Gasteiger partial charge < -0.3 is 25.0 Å². The van der Waals surface area contributed by atoms with E-state index in [2.05, 4.69) is 22.5 Å². The monoisotopic (exact) mass is 360 g/mol. The van der Waals surface area contributed by atoms with Crippen LogP contribution in [0.1, 0.15) is 26.2 Å². The van der Waals surface area contributed by atoms with Gasteiger partial charge in [0.15, 0.2) is 5.96 Å². The molecule has 0 aromatic heterocycles. The van der Waals surface area contributed by atoms with Crippen LogP contribution in [0.25, 0.3) is 0 Å². The van der Waals surface area contributed by atoms with Gasteiger partial charge in [0.1, 0.15) is 18.1 Å². The molecule has 2 aliphatic rings. The largest absolute Gasteiger partial charge is 0.497 e. The Labute approximate surface area is 157 Å². The van der Waals surface area contributed by atoms with Gasteiger partial charge in [0, 0.05) is 25.7 Å². The highest BCUT2D eigenvalue weighted by molar-refractivity contribution is 5.79. The van der Waals surface area contributed by atoms with E-state index in [9.17, 15) is 0 Å². The summed E-state index contributed by atoms with van der Waals surface area (Å²) in [5.74, 6) is 3.27. The Morgan fingerprint density at radius 3 is 2.62 bits per heavy atom. The molecule has 0 radical (unpaired) electrons. The average Bonchev–Trinajstić information content (AvgIpc) is 3.42. The van der Waals surface area contributed by atoms with Crippen molar-refractivity contribution in [2.75, 3.05) is 46.4 Å². The van der Waals surface area contributed by atoms with Crippen molar-refractivity contribution in [2.45, 2.75) is 32.2 Å². The van der Waals surface area contributed by atoms with E-state index in [1.165, 1.54) is 32.4 Å². The Balaban J connectivity index is 1.36. The fourth-order valence-electron chi connectivity index (χ4n) is 3.36. The molecule has 144 valence electrons. The van der Waals surface area contributed by atoms with Crippen molar-refractivity contribution in [2.24, 2.45) is 10.9 Å². The van der Waals surface area contributed by atoms with E-state index in [0.29, 0.717) is 12.5 Å². The van der Waals surface area contributed by atoms with Gasteiger partial charge in [-0.1, -0.05) is 0 Å². The molecule has 3 rings (SSSR count). The van der Waals surface area contributed by atoms with Crippen LogP contribution in [0.3, 0.4) is 0 Å². The third-order valence-corrected chi connectivity index (χ3v) is 4.96. The van der Waals surface area contributed by atoms with Gasteiger partial charge in [-0.3, -0.25) is 4.99 Å². The minimum Gasteiger partial charge on any atom is -0.497 e. The van der Waals surface area contributed by atoms with Crippen molar-refractivity contribution in [1.82, 2.24) is 15.5 Å². The summed E-state index contributed by atoms with van der Waals surface area (Å²) in [5, 5.41) is 6.68. The molecule has 0 spiro atoms. The molecule has 1 atom stereocenters. The molecule has 0 amide bonds. The zero-order chi connectivity index (χ0) is 18.2. The molecule has 6 heteroatoms. The van der Waals surface area contributed by atoms with E-state index in [1.807, 2.05) is 24.3 Å². The second-order valence-electron chi connectivity index (χ2n) is 7.05. The Hall–Kier alpha value is -1.95. The number of ether oxygens (including phenoxy) is 2. The van der Waals surface area contributed by atoms with Crippen LogP contribution in [-0.4, -0.2) is 63.3 Å². The van der Waals surface area contributed by atoms with E-state index >= 15 is 0 Å². The van der Waals surface area contributed by atoms with E-state index in [0.717, 1.165) is 43.1 Å². The first-order valence-corrected chi connectivity index (χ1v) is 9.81. The summed E-state index contributed by atoms with van der Waals surface area (Å²) in [6, 6.07) is 8.53. The van der Waals surface area contributed by atoms with Crippen molar-refractivity contribution < 1.29 is 9.47 Å². The smallest absolute Gasteiger partial charge is 0.191 e. The van der Waals surface area contributed by atoms with E-state index in [4.69, 9.17) is 14.5 Å². The highest BCUT2D eigenvalue weighted by Gasteiger charge is 2.34. The van der Waals surface area contributed by atoms with Gasteiger partial charge in [0.25, 0.3) is 0 Å². The summed E-state index contributed by atoms with van der Waals surface area (Å²) in [4.78, 5) is 7.41. The molecule has 6 nitrogen and oxygen atoms in total. The van der Waals surface area contributed by atoms with Crippen LogP contribution in [-0.2, 0) is 0 Å². The quantitative estimate of drug-likeness (QED) is 0.401. The van der Waals surface area contributed by atoms with Gasteiger partial charge >= 0.3 is 0 Å². The normalized spacial score (nSPS) is 20.8. The van der Waals surface area contributed by atoms with E-state index in [1.54, 1.807) is 7.11 Å². The molecule has 1 aliphatic carbocycles. The van der Waals surface area contributed by atoms with Crippen LogP contribution in [0, 0.1) is 5.92 Å². The van der Waals surface area contributed by atoms with Gasteiger partial charge in [0.05, 0.1) is 13.7 Å². The highest BCUT2D eigenvalue weighted by Crippen LogP contribution is 2.31. The standard InChI is InChI=1S/C20H32N4O2/c1-3-21-20(23-14-16-10-12-24(15-16)17-4-5-17)22-11-13-26-19-8-6-18(25-2)7-9-19/h6-9,16-17H,3-5,10-15H2,1-2H3,(H2,21,22,23). The van der Waals surface area contributed by atoms with Crippen LogP contribution in [0.15, 0.2) is 29.3 Å². The Morgan fingerprint density at radius 1 is 1.15 bits per heavy atom. The molecule has 1 unspecified atom stereocenters. The number of nitrogens with one attached hydrogen (secondary N) is 2. The Kier molecular flexibility index (Phi) is 7.00. The lowest BCUT2D eigenvalue weighted by Crippen LogP contribution is -2.39. The molecule has 2 fully saturated rings. The van der Waals surface area contributed by atoms with Crippen LogP contribution in [0.5, 0.6) is 11.5 Å². The number of benzene rings is 1. The maximum atomic E-state index is 5.75. The number of hydrogen-bond donors (Lipinski definition) is 2. The second kappa shape index (κ2) is 9.67.